The van der Waals surface area contributed by atoms with E-state index in [1.54, 1.807) is 0 Å². The molecule has 0 N–H and O–H groups in total. The summed E-state index contributed by atoms with van der Waals surface area (Å²) in [5.74, 6) is 0. The van der Waals surface area contributed by atoms with Gasteiger partial charge in [-0.3, -0.25) is 0 Å². The smallest absolute Gasteiger partial charge is 0.0655 e. The lowest BCUT2D eigenvalue weighted by atomic mass is 10.1. The SMILES string of the molecule is C=C(C)CN1c2ccccc2N(C)c2ccccc21. The van der Waals surface area contributed by atoms with E-state index < -0.39 is 0 Å². The van der Waals surface area contributed by atoms with Crippen LogP contribution in [0.4, 0.5) is 22.7 Å². The number of fused-ring (bicyclic) bond motifs is 2. The highest BCUT2D eigenvalue weighted by atomic mass is 15.3. The van der Waals surface area contributed by atoms with Gasteiger partial charge in [0.1, 0.15) is 0 Å². The van der Waals surface area contributed by atoms with Crippen LogP contribution in [0.5, 0.6) is 0 Å². The molecule has 0 saturated carbocycles. The minimum atomic E-state index is 0.849. The zero-order valence-electron chi connectivity index (χ0n) is 11.4. The van der Waals surface area contributed by atoms with E-state index in [1.165, 1.54) is 22.7 Å². The Morgan fingerprint density at radius 3 is 1.74 bits per heavy atom. The van der Waals surface area contributed by atoms with Gasteiger partial charge in [0.2, 0.25) is 0 Å². The van der Waals surface area contributed by atoms with Gasteiger partial charge in [-0.2, -0.15) is 0 Å². The second-order valence-electron chi connectivity index (χ2n) is 5.08. The van der Waals surface area contributed by atoms with Crippen LogP contribution in [0.25, 0.3) is 0 Å². The first-order valence-corrected chi connectivity index (χ1v) is 6.52. The van der Waals surface area contributed by atoms with Gasteiger partial charge in [-0.05, 0) is 31.2 Å². The third kappa shape index (κ3) is 1.89. The first-order chi connectivity index (χ1) is 9.18. The van der Waals surface area contributed by atoms with Crippen molar-refractivity contribution in [2.24, 2.45) is 0 Å². The minimum Gasteiger partial charge on any atom is -0.341 e. The quantitative estimate of drug-likeness (QED) is 0.725. The zero-order chi connectivity index (χ0) is 13.4. The Labute approximate surface area is 114 Å². The number of rotatable bonds is 2. The van der Waals surface area contributed by atoms with Gasteiger partial charge >= 0.3 is 0 Å². The van der Waals surface area contributed by atoms with Crippen LogP contribution in [-0.2, 0) is 0 Å². The van der Waals surface area contributed by atoms with Crippen LogP contribution in [0.15, 0.2) is 60.7 Å². The molecule has 0 amide bonds. The van der Waals surface area contributed by atoms with E-state index in [2.05, 4.69) is 78.9 Å². The summed E-state index contributed by atoms with van der Waals surface area (Å²) in [7, 11) is 2.12. The largest absolute Gasteiger partial charge is 0.341 e. The molecule has 3 rings (SSSR count). The van der Waals surface area contributed by atoms with Crippen LogP contribution in [0.1, 0.15) is 6.92 Å². The van der Waals surface area contributed by atoms with Gasteiger partial charge in [-0.1, -0.05) is 36.4 Å². The number of para-hydroxylation sites is 4. The lowest BCUT2D eigenvalue weighted by molar-refractivity contribution is 1.00. The minimum absolute atomic E-state index is 0.849. The summed E-state index contributed by atoms with van der Waals surface area (Å²) < 4.78 is 0. The van der Waals surface area contributed by atoms with Gasteiger partial charge in [0.25, 0.3) is 0 Å². The summed E-state index contributed by atoms with van der Waals surface area (Å²) >= 11 is 0. The van der Waals surface area contributed by atoms with Crippen molar-refractivity contribution >= 4 is 22.7 Å². The highest BCUT2D eigenvalue weighted by molar-refractivity contribution is 5.92. The molecule has 2 aromatic carbocycles. The van der Waals surface area contributed by atoms with E-state index in [1.807, 2.05) is 0 Å². The Bertz CT molecular complexity index is 583. The molecule has 0 aliphatic carbocycles. The van der Waals surface area contributed by atoms with Crippen molar-refractivity contribution < 1.29 is 0 Å². The van der Waals surface area contributed by atoms with E-state index in [9.17, 15) is 0 Å². The maximum absolute atomic E-state index is 4.06. The number of nitrogens with zero attached hydrogens (tertiary/aromatic N) is 2. The number of benzene rings is 2. The van der Waals surface area contributed by atoms with E-state index in [0.29, 0.717) is 0 Å². The van der Waals surface area contributed by atoms with Crippen molar-refractivity contribution in [2.75, 3.05) is 23.4 Å². The van der Waals surface area contributed by atoms with Gasteiger partial charge < -0.3 is 9.80 Å². The molecule has 1 heterocycles. The molecule has 1 aliphatic heterocycles. The lowest BCUT2D eigenvalue weighted by Gasteiger charge is -2.38. The topological polar surface area (TPSA) is 6.48 Å². The summed E-state index contributed by atoms with van der Waals surface area (Å²) in [6.45, 7) is 6.98. The first-order valence-electron chi connectivity index (χ1n) is 6.52. The fraction of sp³-hybridized carbons (Fsp3) is 0.176. The molecule has 0 saturated heterocycles. The number of hydrogen-bond donors (Lipinski definition) is 0. The molecule has 0 atom stereocenters. The molecule has 0 fully saturated rings. The van der Waals surface area contributed by atoms with Crippen molar-refractivity contribution in [2.45, 2.75) is 6.92 Å². The monoisotopic (exact) mass is 250 g/mol. The molecular formula is C17H18N2. The van der Waals surface area contributed by atoms with Crippen molar-refractivity contribution in [3.8, 4) is 0 Å². The molecule has 0 radical (unpaired) electrons. The third-order valence-electron chi connectivity index (χ3n) is 3.50. The molecule has 0 unspecified atom stereocenters. The molecule has 96 valence electrons. The van der Waals surface area contributed by atoms with E-state index in [-0.39, 0.29) is 0 Å². The Hall–Kier alpha value is -2.22. The fourth-order valence-corrected chi connectivity index (χ4v) is 2.65. The molecule has 2 heteroatoms. The van der Waals surface area contributed by atoms with Crippen molar-refractivity contribution in [3.63, 3.8) is 0 Å². The van der Waals surface area contributed by atoms with Crippen molar-refractivity contribution in [1.82, 2.24) is 0 Å². The molecule has 0 aromatic heterocycles. The van der Waals surface area contributed by atoms with Crippen LogP contribution in [-0.4, -0.2) is 13.6 Å². The second kappa shape index (κ2) is 4.47. The Balaban J connectivity index is 2.20. The summed E-state index contributed by atoms with van der Waals surface area (Å²) in [4.78, 5) is 4.59. The molecule has 1 aliphatic rings. The van der Waals surface area contributed by atoms with Crippen molar-refractivity contribution in [3.05, 3.63) is 60.7 Å². The Morgan fingerprint density at radius 2 is 1.32 bits per heavy atom. The average molecular weight is 250 g/mol. The maximum Gasteiger partial charge on any atom is 0.0655 e. The number of anilines is 4. The van der Waals surface area contributed by atoms with E-state index in [4.69, 9.17) is 0 Å². The van der Waals surface area contributed by atoms with Crippen LogP contribution in [0, 0.1) is 0 Å². The van der Waals surface area contributed by atoms with Gasteiger partial charge in [-0.15, -0.1) is 0 Å². The molecule has 19 heavy (non-hydrogen) atoms. The van der Waals surface area contributed by atoms with E-state index in [0.717, 1.165) is 12.1 Å². The molecule has 2 nitrogen and oxygen atoms in total. The molecule has 0 spiro atoms. The molecular weight excluding hydrogens is 232 g/mol. The van der Waals surface area contributed by atoms with Crippen LogP contribution in [0.3, 0.4) is 0 Å². The predicted octanol–water partition coefficient (Wildman–Crippen LogP) is 4.48. The maximum atomic E-state index is 4.06. The predicted molar refractivity (Wildman–Crippen MR) is 82.8 cm³/mol. The molecule has 2 aromatic rings. The van der Waals surface area contributed by atoms with E-state index >= 15 is 0 Å². The van der Waals surface area contributed by atoms with Crippen LogP contribution >= 0.6 is 0 Å². The first kappa shape index (κ1) is 11.8. The van der Waals surface area contributed by atoms with Gasteiger partial charge in [0.05, 0.1) is 22.7 Å². The Morgan fingerprint density at radius 1 is 0.895 bits per heavy atom. The zero-order valence-corrected chi connectivity index (χ0v) is 11.4. The number of hydrogen-bond acceptors (Lipinski definition) is 2. The second-order valence-corrected chi connectivity index (χ2v) is 5.08. The standard InChI is InChI=1S/C17H18N2/c1-13(2)12-19-16-10-6-4-8-14(16)18(3)15-9-5-7-11-17(15)19/h4-11H,1,12H2,2-3H3. The van der Waals surface area contributed by atoms with Gasteiger partial charge in [-0.25, -0.2) is 0 Å². The van der Waals surface area contributed by atoms with Crippen LogP contribution in [0.2, 0.25) is 0 Å². The summed E-state index contributed by atoms with van der Waals surface area (Å²) in [6, 6.07) is 17.0. The van der Waals surface area contributed by atoms with Gasteiger partial charge in [0.15, 0.2) is 0 Å². The third-order valence-corrected chi connectivity index (χ3v) is 3.50. The molecule has 0 bridgehead atoms. The Kier molecular flexibility index (Phi) is 2.79. The average Bonchev–Trinajstić information content (AvgIpc) is 2.43. The normalized spacial score (nSPS) is 12.9. The fourth-order valence-electron chi connectivity index (χ4n) is 2.65. The summed E-state index contributed by atoms with van der Waals surface area (Å²) in [6.07, 6.45) is 0. The highest BCUT2D eigenvalue weighted by Crippen LogP contribution is 2.46. The van der Waals surface area contributed by atoms with Crippen LogP contribution < -0.4 is 9.80 Å². The summed E-state index contributed by atoms with van der Waals surface area (Å²) in [5.41, 5.74) is 6.12. The van der Waals surface area contributed by atoms with Crippen molar-refractivity contribution in [1.29, 1.82) is 0 Å². The highest BCUT2D eigenvalue weighted by Gasteiger charge is 2.25. The van der Waals surface area contributed by atoms with Gasteiger partial charge in [0, 0.05) is 13.6 Å². The lowest BCUT2D eigenvalue weighted by Crippen LogP contribution is -2.28. The summed E-state index contributed by atoms with van der Waals surface area (Å²) in [5, 5.41) is 0.